The Labute approximate surface area is 194 Å². The van der Waals surface area contributed by atoms with E-state index in [1.54, 1.807) is 12.1 Å². The van der Waals surface area contributed by atoms with Gasteiger partial charge < -0.3 is 9.47 Å². The first-order valence-corrected chi connectivity index (χ1v) is 12.6. The lowest BCUT2D eigenvalue weighted by atomic mass is 9.77. The van der Waals surface area contributed by atoms with E-state index in [4.69, 9.17) is 9.47 Å². The van der Waals surface area contributed by atoms with Crippen LogP contribution in [0.3, 0.4) is 0 Å². The Kier molecular flexibility index (Phi) is 9.64. The zero-order valence-electron chi connectivity index (χ0n) is 20.1. The Bertz CT molecular complexity index is 801. The minimum absolute atomic E-state index is 0.332. The first-order chi connectivity index (χ1) is 15.6. The molecule has 3 nitrogen and oxygen atoms in total. The summed E-state index contributed by atoms with van der Waals surface area (Å²) in [4.78, 5) is 12.5. The summed E-state index contributed by atoms with van der Waals surface area (Å²) in [5, 5.41) is 0. The van der Waals surface area contributed by atoms with Crippen LogP contribution in [0.25, 0.3) is 0 Å². The summed E-state index contributed by atoms with van der Waals surface area (Å²) in [7, 11) is 0. The number of ether oxygens (including phenoxy) is 2. The Morgan fingerprint density at radius 3 is 2.22 bits per heavy atom. The molecule has 2 aromatic rings. The lowest BCUT2D eigenvalue weighted by Gasteiger charge is -2.28. The summed E-state index contributed by atoms with van der Waals surface area (Å²) in [5.74, 6) is 3.36. The molecule has 0 bridgehead atoms. The Morgan fingerprint density at radius 1 is 0.938 bits per heavy atom. The molecule has 32 heavy (non-hydrogen) atoms. The first kappa shape index (κ1) is 24.4. The molecule has 0 radical (unpaired) electrons. The van der Waals surface area contributed by atoms with Crippen molar-refractivity contribution < 1.29 is 14.3 Å². The molecule has 0 unspecified atom stereocenters. The van der Waals surface area contributed by atoms with Gasteiger partial charge >= 0.3 is 5.97 Å². The number of carbonyl (C=O) groups is 1. The fourth-order valence-electron chi connectivity index (χ4n) is 4.68. The summed E-state index contributed by atoms with van der Waals surface area (Å²) in [6.07, 6.45) is 11.3. The maximum Gasteiger partial charge on any atom is 0.343 e. The Balaban J connectivity index is 1.45. The Hall–Kier alpha value is -2.29. The topological polar surface area (TPSA) is 35.5 Å². The molecule has 1 atom stereocenters. The van der Waals surface area contributed by atoms with E-state index < -0.39 is 0 Å². The van der Waals surface area contributed by atoms with Crippen molar-refractivity contribution in [2.24, 2.45) is 11.8 Å². The maximum absolute atomic E-state index is 12.5. The van der Waals surface area contributed by atoms with Gasteiger partial charge in [0.2, 0.25) is 0 Å². The minimum atomic E-state index is -0.332. The van der Waals surface area contributed by atoms with Gasteiger partial charge in [0.25, 0.3) is 0 Å². The van der Waals surface area contributed by atoms with E-state index in [0.717, 1.165) is 24.0 Å². The van der Waals surface area contributed by atoms with Crippen LogP contribution >= 0.6 is 0 Å². The monoisotopic (exact) mass is 436 g/mol. The highest BCUT2D eigenvalue weighted by atomic mass is 16.5. The van der Waals surface area contributed by atoms with Crippen molar-refractivity contribution in [3.63, 3.8) is 0 Å². The van der Waals surface area contributed by atoms with Crippen LogP contribution in [0.4, 0.5) is 0 Å². The molecule has 0 amide bonds. The van der Waals surface area contributed by atoms with Gasteiger partial charge in [0, 0.05) is 0 Å². The number of rotatable bonds is 11. The molecule has 0 spiro atoms. The van der Waals surface area contributed by atoms with Gasteiger partial charge in [-0.15, -0.1) is 0 Å². The number of esters is 1. The molecule has 0 aromatic heterocycles. The standard InChI is InChI=1S/C29H40O3/c1-4-7-23-9-11-24(12-10-23)25-13-19-28(20-14-25)32-29(30)26-15-17-27(18-16-26)31-21-6-8-22(3)5-2/h13-20,22-24H,4-12,21H2,1-3H3/t22-,23-,24-/m0/s1. The molecule has 174 valence electrons. The largest absolute Gasteiger partial charge is 0.494 e. The highest BCUT2D eigenvalue weighted by molar-refractivity contribution is 5.91. The molecule has 2 aromatic carbocycles. The van der Waals surface area contributed by atoms with Crippen molar-refractivity contribution in [2.45, 2.75) is 84.5 Å². The minimum Gasteiger partial charge on any atom is -0.494 e. The molecular formula is C29H40O3. The van der Waals surface area contributed by atoms with Crippen LogP contribution in [0.15, 0.2) is 48.5 Å². The van der Waals surface area contributed by atoms with E-state index in [1.807, 2.05) is 24.3 Å². The molecule has 0 aliphatic heterocycles. The number of benzene rings is 2. The van der Waals surface area contributed by atoms with Crippen LogP contribution in [0.2, 0.25) is 0 Å². The van der Waals surface area contributed by atoms with Gasteiger partial charge in [-0.2, -0.15) is 0 Å². The summed E-state index contributed by atoms with van der Waals surface area (Å²) in [6.45, 7) is 7.48. The fourth-order valence-corrected chi connectivity index (χ4v) is 4.68. The third-order valence-electron chi connectivity index (χ3n) is 7.00. The van der Waals surface area contributed by atoms with Crippen molar-refractivity contribution in [1.29, 1.82) is 0 Å². The van der Waals surface area contributed by atoms with Gasteiger partial charge in [0.05, 0.1) is 12.2 Å². The van der Waals surface area contributed by atoms with Gasteiger partial charge in [-0.3, -0.25) is 0 Å². The zero-order chi connectivity index (χ0) is 22.8. The molecule has 0 heterocycles. The third-order valence-corrected chi connectivity index (χ3v) is 7.00. The summed E-state index contributed by atoms with van der Waals surface area (Å²) in [5.41, 5.74) is 1.91. The number of hydrogen-bond acceptors (Lipinski definition) is 3. The maximum atomic E-state index is 12.5. The fraction of sp³-hybridized carbons (Fsp3) is 0.552. The average Bonchev–Trinajstić information content (AvgIpc) is 2.83. The smallest absolute Gasteiger partial charge is 0.343 e. The normalized spacial score (nSPS) is 19.3. The van der Waals surface area contributed by atoms with Crippen LogP contribution in [-0.4, -0.2) is 12.6 Å². The average molecular weight is 437 g/mol. The van der Waals surface area contributed by atoms with Crippen molar-refractivity contribution in [2.75, 3.05) is 6.61 Å². The highest BCUT2D eigenvalue weighted by Gasteiger charge is 2.22. The van der Waals surface area contributed by atoms with Gasteiger partial charge in [-0.05, 0) is 98.2 Å². The summed E-state index contributed by atoms with van der Waals surface area (Å²) >= 11 is 0. The van der Waals surface area contributed by atoms with Crippen LogP contribution in [0.5, 0.6) is 11.5 Å². The second-order valence-electron chi connectivity index (χ2n) is 9.49. The van der Waals surface area contributed by atoms with Crippen LogP contribution < -0.4 is 9.47 Å². The highest BCUT2D eigenvalue weighted by Crippen LogP contribution is 2.37. The van der Waals surface area contributed by atoms with Crippen LogP contribution in [0.1, 0.15) is 100 Å². The number of carbonyl (C=O) groups excluding carboxylic acids is 1. The van der Waals surface area contributed by atoms with E-state index in [1.165, 1.54) is 56.9 Å². The quantitative estimate of drug-likeness (QED) is 0.202. The van der Waals surface area contributed by atoms with E-state index in [2.05, 4.69) is 32.9 Å². The second-order valence-corrected chi connectivity index (χ2v) is 9.49. The van der Waals surface area contributed by atoms with Crippen molar-refractivity contribution in [3.05, 3.63) is 59.7 Å². The molecule has 1 saturated carbocycles. The molecular weight excluding hydrogens is 396 g/mol. The van der Waals surface area contributed by atoms with Crippen molar-refractivity contribution >= 4 is 5.97 Å². The molecule has 3 rings (SSSR count). The van der Waals surface area contributed by atoms with Crippen molar-refractivity contribution in [1.82, 2.24) is 0 Å². The van der Waals surface area contributed by atoms with Crippen molar-refractivity contribution in [3.8, 4) is 11.5 Å². The molecule has 0 saturated heterocycles. The first-order valence-electron chi connectivity index (χ1n) is 12.6. The van der Waals surface area contributed by atoms with E-state index >= 15 is 0 Å². The predicted octanol–water partition coefficient (Wildman–Crippen LogP) is 8.18. The van der Waals surface area contributed by atoms with Gasteiger partial charge in [0.15, 0.2) is 0 Å². The summed E-state index contributed by atoms with van der Waals surface area (Å²) in [6, 6.07) is 15.4. The predicted molar refractivity (Wildman–Crippen MR) is 132 cm³/mol. The van der Waals surface area contributed by atoms with Crippen LogP contribution in [0, 0.1) is 11.8 Å². The van der Waals surface area contributed by atoms with Gasteiger partial charge in [-0.1, -0.05) is 52.2 Å². The second kappa shape index (κ2) is 12.7. The van der Waals surface area contributed by atoms with Crippen LogP contribution in [-0.2, 0) is 0 Å². The molecule has 3 heteroatoms. The third kappa shape index (κ3) is 7.39. The number of hydrogen-bond donors (Lipinski definition) is 0. The van der Waals surface area contributed by atoms with E-state index in [9.17, 15) is 4.79 Å². The van der Waals surface area contributed by atoms with E-state index in [-0.39, 0.29) is 5.97 Å². The lowest BCUT2D eigenvalue weighted by molar-refractivity contribution is 0.0734. The van der Waals surface area contributed by atoms with E-state index in [0.29, 0.717) is 23.8 Å². The lowest BCUT2D eigenvalue weighted by Crippen LogP contribution is -2.13. The molecule has 0 N–H and O–H groups in total. The zero-order valence-corrected chi connectivity index (χ0v) is 20.1. The van der Waals surface area contributed by atoms with Gasteiger partial charge in [0.1, 0.15) is 11.5 Å². The SMILES string of the molecule is CCC[C@H]1CC[C@H](c2ccc(OC(=O)c3ccc(OCCC[C@@H](C)CC)cc3)cc2)CC1. The molecule has 1 aliphatic carbocycles. The summed E-state index contributed by atoms with van der Waals surface area (Å²) < 4.78 is 11.4. The Morgan fingerprint density at radius 2 is 1.59 bits per heavy atom. The van der Waals surface area contributed by atoms with Gasteiger partial charge in [-0.25, -0.2) is 4.79 Å². The molecule has 1 fully saturated rings. The molecule has 1 aliphatic rings.